The van der Waals surface area contributed by atoms with Crippen molar-refractivity contribution in [2.45, 2.75) is 90.9 Å². The molecule has 2 heterocycles. The van der Waals surface area contributed by atoms with E-state index in [0.29, 0.717) is 18.5 Å². The van der Waals surface area contributed by atoms with Crippen molar-refractivity contribution >= 4 is 23.7 Å². The summed E-state index contributed by atoms with van der Waals surface area (Å²) in [6, 6.07) is -1.80. The van der Waals surface area contributed by atoms with Gasteiger partial charge in [0.25, 0.3) is 0 Å². The van der Waals surface area contributed by atoms with E-state index in [0.717, 1.165) is 32.2 Å². The van der Waals surface area contributed by atoms with Gasteiger partial charge < -0.3 is 19.9 Å². The summed E-state index contributed by atoms with van der Waals surface area (Å²) < 4.78 is 4.87. The fourth-order valence-corrected chi connectivity index (χ4v) is 5.23. The zero-order chi connectivity index (χ0) is 27.2. The van der Waals surface area contributed by atoms with Gasteiger partial charge in [-0.1, -0.05) is 40.2 Å². The molecular formula is C27H46N4O5. The van der Waals surface area contributed by atoms with Crippen LogP contribution in [-0.2, 0) is 23.9 Å². The molecule has 2 rings (SSSR count). The molecule has 0 aromatic heterocycles. The Morgan fingerprint density at radius 2 is 1.61 bits per heavy atom. The minimum Gasteiger partial charge on any atom is -0.467 e. The Morgan fingerprint density at radius 1 is 0.972 bits per heavy atom. The first-order chi connectivity index (χ1) is 16.9. The molecule has 0 aromatic carbocycles. The lowest BCUT2D eigenvalue weighted by Gasteiger charge is -2.36. The van der Waals surface area contributed by atoms with E-state index in [9.17, 15) is 19.2 Å². The normalized spacial score (nSPS) is 22.9. The topological polar surface area (TPSA) is 99.3 Å². The summed E-state index contributed by atoms with van der Waals surface area (Å²) in [5, 5.41) is 3.02. The predicted octanol–water partition coefficient (Wildman–Crippen LogP) is 2.20. The van der Waals surface area contributed by atoms with E-state index < -0.39 is 18.1 Å². The zero-order valence-electron chi connectivity index (χ0n) is 23.4. The Labute approximate surface area is 216 Å². The van der Waals surface area contributed by atoms with E-state index in [-0.39, 0.29) is 41.6 Å². The number of hydrogen-bond donors (Lipinski definition) is 1. The number of nitrogens with zero attached hydrogens (tertiary/aromatic N) is 3. The lowest BCUT2D eigenvalue weighted by molar-refractivity contribution is -0.149. The monoisotopic (exact) mass is 506 g/mol. The first kappa shape index (κ1) is 29.8. The SMILES string of the molecule is COC(=O)[C@@H]1CCCN1C(=O)/C(C)=C/[C@H](C(C)C)N(C)C(=O)[C@@H](NC(=O)C1CCCCN1C)C(C)C. The fraction of sp³-hybridized carbons (Fsp3) is 0.778. The molecular weight excluding hydrogens is 460 g/mol. The van der Waals surface area contributed by atoms with Crippen molar-refractivity contribution in [3.63, 3.8) is 0 Å². The molecule has 1 unspecified atom stereocenters. The largest absolute Gasteiger partial charge is 0.467 e. The molecule has 9 nitrogen and oxygen atoms in total. The summed E-state index contributed by atoms with van der Waals surface area (Å²) in [5.41, 5.74) is 0.484. The second kappa shape index (κ2) is 13.2. The van der Waals surface area contributed by atoms with Gasteiger partial charge in [-0.25, -0.2) is 4.79 Å². The second-order valence-electron chi connectivity index (χ2n) is 10.9. The van der Waals surface area contributed by atoms with Crippen LogP contribution >= 0.6 is 0 Å². The van der Waals surface area contributed by atoms with Crippen LogP contribution in [0, 0.1) is 11.8 Å². The molecule has 0 bridgehead atoms. The van der Waals surface area contributed by atoms with E-state index in [1.54, 1.807) is 23.8 Å². The van der Waals surface area contributed by atoms with Crippen LogP contribution in [0.1, 0.15) is 66.7 Å². The smallest absolute Gasteiger partial charge is 0.328 e. The molecule has 4 atom stereocenters. The number of carbonyl (C=O) groups excluding carboxylic acids is 4. The quantitative estimate of drug-likeness (QED) is 0.380. The van der Waals surface area contributed by atoms with Gasteiger partial charge in [-0.15, -0.1) is 0 Å². The average molecular weight is 507 g/mol. The minimum absolute atomic E-state index is 0.0321. The highest BCUT2D eigenvalue weighted by Gasteiger charge is 2.37. The van der Waals surface area contributed by atoms with Gasteiger partial charge in [-0.05, 0) is 58.0 Å². The molecule has 0 radical (unpaired) electrons. The van der Waals surface area contributed by atoms with Crippen LogP contribution in [-0.4, -0.2) is 96.9 Å². The average Bonchev–Trinajstić information content (AvgIpc) is 3.33. The summed E-state index contributed by atoms with van der Waals surface area (Å²) in [5.74, 6) is -0.972. The summed E-state index contributed by atoms with van der Waals surface area (Å²) in [7, 11) is 5.01. The molecule has 36 heavy (non-hydrogen) atoms. The number of hydrogen-bond acceptors (Lipinski definition) is 6. The number of methoxy groups -OCH3 is 1. The molecule has 3 amide bonds. The van der Waals surface area contributed by atoms with Gasteiger partial charge in [0.15, 0.2) is 0 Å². The van der Waals surface area contributed by atoms with E-state index in [2.05, 4.69) is 10.2 Å². The van der Waals surface area contributed by atoms with Gasteiger partial charge in [0.1, 0.15) is 12.1 Å². The Bertz CT molecular complexity index is 840. The van der Waals surface area contributed by atoms with Crippen LogP contribution in [0.5, 0.6) is 0 Å². The third-order valence-electron chi connectivity index (χ3n) is 7.53. The van der Waals surface area contributed by atoms with Crippen molar-refractivity contribution in [1.82, 2.24) is 20.0 Å². The van der Waals surface area contributed by atoms with E-state index >= 15 is 0 Å². The van der Waals surface area contributed by atoms with Gasteiger partial charge in [-0.3, -0.25) is 19.3 Å². The number of rotatable bonds is 9. The van der Waals surface area contributed by atoms with E-state index in [4.69, 9.17) is 4.74 Å². The van der Waals surface area contributed by atoms with Gasteiger partial charge in [-0.2, -0.15) is 0 Å². The van der Waals surface area contributed by atoms with Crippen LogP contribution in [0.3, 0.4) is 0 Å². The second-order valence-corrected chi connectivity index (χ2v) is 10.9. The number of nitrogens with one attached hydrogen (secondary N) is 1. The van der Waals surface area contributed by atoms with Crippen molar-refractivity contribution in [2.75, 3.05) is 34.3 Å². The molecule has 0 aliphatic carbocycles. The summed E-state index contributed by atoms with van der Waals surface area (Å²) >= 11 is 0. The third kappa shape index (κ3) is 7.08. The Balaban J connectivity index is 2.19. The summed E-state index contributed by atoms with van der Waals surface area (Å²) in [6.45, 7) is 10.9. The molecule has 1 N–H and O–H groups in total. The highest BCUT2D eigenvalue weighted by molar-refractivity contribution is 5.96. The lowest BCUT2D eigenvalue weighted by atomic mass is 9.96. The van der Waals surface area contributed by atoms with Crippen molar-refractivity contribution in [2.24, 2.45) is 11.8 Å². The van der Waals surface area contributed by atoms with Crippen LogP contribution in [0.2, 0.25) is 0 Å². The van der Waals surface area contributed by atoms with Crippen molar-refractivity contribution in [3.8, 4) is 0 Å². The molecule has 204 valence electrons. The van der Waals surface area contributed by atoms with Gasteiger partial charge >= 0.3 is 5.97 Å². The Kier molecular flexibility index (Phi) is 10.9. The maximum atomic E-state index is 13.6. The van der Waals surface area contributed by atoms with Gasteiger partial charge in [0.2, 0.25) is 17.7 Å². The first-order valence-corrected chi connectivity index (χ1v) is 13.2. The summed E-state index contributed by atoms with van der Waals surface area (Å²) in [6.07, 6.45) is 6.02. The van der Waals surface area contributed by atoms with E-state index in [1.165, 1.54) is 7.11 Å². The van der Waals surface area contributed by atoms with Crippen LogP contribution < -0.4 is 5.32 Å². The minimum atomic E-state index is -0.661. The molecule has 2 aliphatic rings. The van der Waals surface area contributed by atoms with Crippen molar-refractivity contribution in [3.05, 3.63) is 11.6 Å². The van der Waals surface area contributed by atoms with Gasteiger partial charge in [0, 0.05) is 19.2 Å². The Hall–Kier alpha value is -2.42. The maximum absolute atomic E-state index is 13.6. The summed E-state index contributed by atoms with van der Waals surface area (Å²) in [4.78, 5) is 57.3. The van der Waals surface area contributed by atoms with E-state index in [1.807, 2.05) is 40.8 Å². The number of ether oxygens (including phenoxy) is 1. The highest BCUT2D eigenvalue weighted by Crippen LogP contribution is 2.23. The van der Waals surface area contributed by atoms with Crippen LogP contribution in [0.4, 0.5) is 0 Å². The fourth-order valence-electron chi connectivity index (χ4n) is 5.23. The highest BCUT2D eigenvalue weighted by atomic mass is 16.5. The molecule has 2 aliphatic heterocycles. The number of carbonyl (C=O) groups is 4. The number of piperidine rings is 1. The molecule has 9 heteroatoms. The van der Waals surface area contributed by atoms with Crippen LogP contribution in [0.15, 0.2) is 11.6 Å². The standard InChI is InChI=1S/C27H46N4O5/c1-17(2)22(16-19(5)25(33)31-15-11-13-21(31)27(35)36-8)30(7)26(34)23(18(3)4)28-24(32)20-12-9-10-14-29(20)6/h16-18,20-23H,9-15H2,1-8H3,(H,28,32)/b19-16+/t20?,21-,22+,23-/m0/s1. The molecule has 0 aromatic rings. The van der Waals surface area contributed by atoms with Crippen molar-refractivity contribution in [1.29, 1.82) is 0 Å². The molecule has 0 saturated carbocycles. The zero-order valence-corrected chi connectivity index (χ0v) is 23.4. The molecule has 2 saturated heterocycles. The van der Waals surface area contributed by atoms with Crippen LogP contribution in [0.25, 0.3) is 0 Å². The number of likely N-dealkylation sites (tertiary alicyclic amines) is 2. The Morgan fingerprint density at radius 3 is 2.17 bits per heavy atom. The first-order valence-electron chi connectivity index (χ1n) is 13.2. The lowest BCUT2D eigenvalue weighted by Crippen LogP contribution is -2.57. The number of esters is 1. The maximum Gasteiger partial charge on any atom is 0.328 e. The third-order valence-corrected chi connectivity index (χ3v) is 7.53. The van der Waals surface area contributed by atoms with Crippen molar-refractivity contribution < 1.29 is 23.9 Å². The predicted molar refractivity (Wildman–Crippen MR) is 139 cm³/mol. The molecule has 0 spiro atoms. The number of likely N-dealkylation sites (N-methyl/N-ethyl adjacent to an activating group) is 2. The van der Waals surface area contributed by atoms with Gasteiger partial charge in [0.05, 0.1) is 19.2 Å². The number of amides is 3. The molecule has 2 fully saturated rings.